The summed E-state index contributed by atoms with van der Waals surface area (Å²) in [7, 11) is 0. The van der Waals surface area contributed by atoms with Crippen LogP contribution < -0.4 is 11.3 Å². The highest BCUT2D eigenvalue weighted by molar-refractivity contribution is 5.82. The Kier molecular flexibility index (Phi) is 3.89. The molecule has 0 bridgehead atoms. The molecule has 1 aliphatic rings. The van der Waals surface area contributed by atoms with E-state index >= 15 is 0 Å². The van der Waals surface area contributed by atoms with E-state index in [2.05, 4.69) is 19.3 Å². The molecule has 14 heavy (non-hydrogen) atoms. The summed E-state index contributed by atoms with van der Waals surface area (Å²) in [6.07, 6.45) is 2.46. The number of hydrazine groups is 1. The summed E-state index contributed by atoms with van der Waals surface area (Å²) in [5.41, 5.74) is 2.00. The summed E-state index contributed by atoms with van der Waals surface area (Å²) in [6.45, 7) is 5.59. The predicted octanol–water partition coefficient (Wildman–Crippen LogP) is 0.819. The Hall–Kier alpha value is -0.610. The van der Waals surface area contributed by atoms with Gasteiger partial charge >= 0.3 is 0 Å². The van der Waals surface area contributed by atoms with Gasteiger partial charge < -0.3 is 4.74 Å². The first-order chi connectivity index (χ1) is 6.60. The maximum absolute atomic E-state index is 11.7. The molecule has 0 saturated carbocycles. The summed E-state index contributed by atoms with van der Waals surface area (Å²) in [5, 5.41) is 0. The van der Waals surface area contributed by atoms with Crippen LogP contribution in [0.25, 0.3) is 0 Å². The molecule has 0 aromatic carbocycles. The highest BCUT2D eigenvalue weighted by atomic mass is 16.5. The van der Waals surface area contributed by atoms with Crippen LogP contribution in [0.2, 0.25) is 0 Å². The van der Waals surface area contributed by atoms with Crippen molar-refractivity contribution in [2.24, 2.45) is 17.2 Å². The maximum atomic E-state index is 11.7. The van der Waals surface area contributed by atoms with Crippen molar-refractivity contribution in [3.05, 3.63) is 0 Å². The second kappa shape index (κ2) is 4.75. The minimum absolute atomic E-state index is 0.0329. The molecule has 0 aromatic heterocycles. The van der Waals surface area contributed by atoms with Crippen molar-refractivity contribution in [2.75, 3.05) is 13.2 Å². The molecule has 4 nitrogen and oxygen atoms in total. The number of amides is 1. The predicted molar refractivity (Wildman–Crippen MR) is 54.3 cm³/mol. The first kappa shape index (κ1) is 11.5. The number of ether oxygens (including phenoxy) is 1. The largest absolute Gasteiger partial charge is 0.381 e. The summed E-state index contributed by atoms with van der Waals surface area (Å²) < 4.78 is 5.28. The summed E-state index contributed by atoms with van der Waals surface area (Å²) in [5.74, 6) is 5.70. The Morgan fingerprint density at radius 2 is 2.07 bits per heavy atom. The molecule has 82 valence electrons. The minimum Gasteiger partial charge on any atom is -0.381 e. The molecule has 1 amide bonds. The van der Waals surface area contributed by atoms with Gasteiger partial charge in [0.25, 0.3) is 0 Å². The van der Waals surface area contributed by atoms with Crippen LogP contribution >= 0.6 is 0 Å². The maximum Gasteiger partial charge on any atom is 0.240 e. The molecule has 0 aliphatic carbocycles. The van der Waals surface area contributed by atoms with Crippen molar-refractivity contribution in [1.82, 2.24) is 5.43 Å². The second-order valence-electron chi connectivity index (χ2n) is 4.46. The quantitative estimate of drug-likeness (QED) is 0.403. The summed E-state index contributed by atoms with van der Waals surface area (Å²) in [6, 6.07) is 0. The third kappa shape index (κ3) is 2.45. The number of rotatable bonds is 3. The van der Waals surface area contributed by atoms with E-state index in [0.29, 0.717) is 19.1 Å². The summed E-state index contributed by atoms with van der Waals surface area (Å²) in [4.78, 5) is 11.7. The van der Waals surface area contributed by atoms with Gasteiger partial charge in [-0.15, -0.1) is 0 Å². The first-order valence-electron chi connectivity index (χ1n) is 5.19. The average molecular weight is 200 g/mol. The third-order valence-corrected chi connectivity index (χ3v) is 2.86. The van der Waals surface area contributed by atoms with Gasteiger partial charge in [-0.1, -0.05) is 13.8 Å². The lowest BCUT2D eigenvalue weighted by Crippen LogP contribution is -2.47. The molecule has 1 heterocycles. The number of nitrogens with one attached hydrogen (secondary N) is 1. The fourth-order valence-corrected chi connectivity index (χ4v) is 2.22. The highest BCUT2D eigenvalue weighted by Crippen LogP contribution is 2.36. The van der Waals surface area contributed by atoms with Gasteiger partial charge in [0.2, 0.25) is 5.91 Å². The minimum atomic E-state index is -0.291. The Balaban J connectivity index is 2.71. The zero-order valence-electron chi connectivity index (χ0n) is 9.01. The zero-order chi connectivity index (χ0) is 10.6. The van der Waals surface area contributed by atoms with Crippen molar-refractivity contribution >= 4 is 5.91 Å². The molecule has 0 radical (unpaired) electrons. The molecule has 1 saturated heterocycles. The monoisotopic (exact) mass is 200 g/mol. The van der Waals surface area contributed by atoms with Crippen LogP contribution in [0.5, 0.6) is 0 Å². The fourth-order valence-electron chi connectivity index (χ4n) is 2.22. The standard InChI is InChI=1S/C10H20N2O2/c1-8(2)7-10(9(13)12-11)3-5-14-6-4-10/h8H,3-7,11H2,1-2H3,(H,12,13). The Labute approximate surface area is 85.2 Å². The normalized spacial score (nSPS) is 20.9. The molecule has 1 rings (SSSR count). The molecule has 4 heteroatoms. The molecule has 3 N–H and O–H groups in total. The number of carbonyl (C=O) groups excluding carboxylic acids is 1. The van der Waals surface area contributed by atoms with Gasteiger partial charge in [-0.25, -0.2) is 5.84 Å². The molecule has 0 aromatic rings. The van der Waals surface area contributed by atoms with Crippen LogP contribution in [0.4, 0.5) is 0 Å². The molecule has 1 fully saturated rings. The van der Waals surface area contributed by atoms with Gasteiger partial charge in [0, 0.05) is 13.2 Å². The smallest absolute Gasteiger partial charge is 0.240 e. The van der Waals surface area contributed by atoms with Crippen molar-refractivity contribution in [3.63, 3.8) is 0 Å². The molecular weight excluding hydrogens is 180 g/mol. The second-order valence-corrected chi connectivity index (χ2v) is 4.46. The lowest BCUT2D eigenvalue weighted by atomic mass is 9.73. The number of hydrogen-bond donors (Lipinski definition) is 2. The van der Waals surface area contributed by atoms with Crippen molar-refractivity contribution < 1.29 is 9.53 Å². The van der Waals surface area contributed by atoms with E-state index in [1.807, 2.05) is 0 Å². The third-order valence-electron chi connectivity index (χ3n) is 2.86. The van der Waals surface area contributed by atoms with Crippen LogP contribution in [-0.2, 0) is 9.53 Å². The lowest BCUT2D eigenvalue weighted by Gasteiger charge is -2.36. The number of hydrogen-bond acceptors (Lipinski definition) is 3. The van der Waals surface area contributed by atoms with E-state index in [1.165, 1.54) is 0 Å². The molecule has 0 atom stereocenters. The van der Waals surface area contributed by atoms with Crippen molar-refractivity contribution in [3.8, 4) is 0 Å². The van der Waals surface area contributed by atoms with Crippen LogP contribution in [-0.4, -0.2) is 19.1 Å². The van der Waals surface area contributed by atoms with E-state index in [1.54, 1.807) is 0 Å². The Bertz CT molecular complexity index is 198. The Morgan fingerprint density at radius 1 is 1.50 bits per heavy atom. The van der Waals surface area contributed by atoms with Crippen LogP contribution in [0.1, 0.15) is 33.1 Å². The zero-order valence-corrected chi connectivity index (χ0v) is 9.01. The SMILES string of the molecule is CC(C)CC1(C(=O)NN)CCOCC1. The first-order valence-corrected chi connectivity index (χ1v) is 5.19. The van der Waals surface area contributed by atoms with Gasteiger partial charge in [-0.05, 0) is 25.2 Å². The fraction of sp³-hybridized carbons (Fsp3) is 0.900. The Morgan fingerprint density at radius 3 is 2.50 bits per heavy atom. The van der Waals surface area contributed by atoms with Crippen molar-refractivity contribution in [2.45, 2.75) is 33.1 Å². The van der Waals surface area contributed by atoms with Gasteiger partial charge in [0.1, 0.15) is 0 Å². The average Bonchev–Trinajstić information content (AvgIpc) is 2.17. The number of nitrogens with two attached hydrogens (primary N) is 1. The van der Waals surface area contributed by atoms with E-state index in [4.69, 9.17) is 10.6 Å². The highest BCUT2D eigenvalue weighted by Gasteiger charge is 2.39. The lowest BCUT2D eigenvalue weighted by molar-refractivity contribution is -0.138. The number of carbonyl (C=O) groups is 1. The molecular formula is C10H20N2O2. The van der Waals surface area contributed by atoms with E-state index in [0.717, 1.165) is 19.3 Å². The van der Waals surface area contributed by atoms with Crippen LogP contribution in [0.15, 0.2) is 0 Å². The molecule has 1 aliphatic heterocycles. The topological polar surface area (TPSA) is 64.4 Å². The van der Waals surface area contributed by atoms with E-state index < -0.39 is 0 Å². The molecule has 0 spiro atoms. The van der Waals surface area contributed by atoms with Gasteiger partial charge in [-0.2, -0.15) is 0 Å². The van der Waals surface area contributed by atoms with Gasteiger partial charge in [-0.3, -0.25) is 10.2 Å². The summed E-state index contributed by atoms with van der Waals surface area (Å²) >= 11 is 0. The van der Waals surface area contributed by atoms with Crippen molar-refractivity contribution in [1.29, 1.82) is 0 Å². The molecule has 0 unspecified atom stereocenters. The van der Waals surface area contributed by atoms with E-state index in [9.17, 15) is 4.79 Å². The van der Waals surface area contributed by atoms with Gasteiger partial charge in [0.05, 0.1) is 5.41 Å². The van der Waals surface area contributed by atoms with Gasteiger partial charge in [0.15, 0.2) is 0 Å². The van der Waals surface area contributed by atoms with E-state index in [-0.39, 0.29) is 11.3 Å². The van der Waals surface area contributed by atoms with Crippen LogP contribution in [0.3, 0.4) is 0 Å². The van der Waals surface area contributed by atoms with Crippen LogP contribution in [0, 0.1) is 11.3 Å².